The average Bonchev–Trinajstić information content (AvgIpc) is 2.99. The average molecular weight is 403 g/mol. The van der Waals surface area contributed by atoms with E-state index in [9.17, 15) is 9.59 Å². The van der Waals surface area contributed by atoms with Crippen molar-refractivity contribution < 1.29 is 14.3 Å². The Bertz CT molecular complexity index is 794. The third kappa shape index (κ3) is 3.91. The molecule has 1 fully saturated rings. The number of methoxy groups -OCH3 is 1. The van der Waals surface area contributed by atoms with Crippen molar-refractivity contribution in [3.8, 4) is 0 Å². The summed E-state index contributed by atoms with van der Waals surface area (Å²) in [4.78, 5) is 26.7. The highest BCUT2D eigenvalue weighted by molar-refractivity contribution is 9.10. The topological polar surface area (TPSA) is 58.6 Å². The number of hydrogen-bond acceptors (Lipinski definition) is 3. The van der Waals surface area contributed by atoms with Gasteiger partial charge in [-0.1, -0.05) is 30.3 Å². The van der Waals surface area contributed by atoms with Crippen molar-refractivity contribution in [3.05, 3.63) is 58.6 Å². The maximum atomic E-state index is 12.6. The Kier molecular flexibility index (Phi) is 5.50. The van der Waals surface area contributed by atoms with Crippen molar-refractivity contribution in [1.29, 1.82) is 0 Å². The van der Waals surface area contributed by atoms with Crippen LogP contribution in [-0.4, -0.2) is 25.5 Å². The van der Waals surface area contributed by atoms with Gasteiger partial charge in [0.1, 0.15) is 0 Å². The van der Waals surface area contributed by atoms with E-state index in [1.165, 1.54) is 0 Å². The van der Waals surface area contributed by atoms with E-state index < -0.39 is 0 Å². The van der Waals surface area contributed by atoms with Gasteiger partial charge < -0.3 is 15.0 Å². The molecule has 0 aromatic heterocycles. The molecule has 1 unspecified atom stereocenters. The molecule has 2 aromatic carbocycles. The maximum Gasteiger partial charge on any atom is 0.229 e. The second-order valence-electron chi connectivity index (χ2n) is 5.94. The van der Waals surface area contributed by atoms with Gasteiger partial charge in [0, 0.05) is 35.8 Å². The number of hydrogen-bond donors (Lipinski definition) is 1. The summed E-state index contributed by atoms with van der Waals surface area (Å²) in [5.41, 5.74) is 2.43. The van der Waals surface area contributed by atoms with Crippen molar-refractivity contribution in [2.24, 2.45) is 5.92 Å². The molecule has 3 rings (SSSR count). The summed E-state index contributed by atoms with van der Waals surface area (Å²) in [7, 11) is 1.61. The number of para-hydroxylation sites is 2. The Morgan fingerprint density at radius 1 is 1.24 bits per heavy atom. The van der Waals surface area contributed by atoms with Crippen molar-refractivity contribution in [2.75, 3.05) is 23.9 Å². The molecule has 1 atom stereocenters. The van der Waals surface area contributed by atoms with Gasteiger partial charge in [-0.15, -0.1) is 0 Å². The molecule has 2 amide bonds. The predicted octanol–water partition coefficient (Wildman–Crippen LogP) is 3.59. The van der Waals surface area contributed by atoms with E-state index in [1.54, 1.807) is 12.0 Å². The van der Waals surface area contributed by atoms with Gasteiger partial charge >= 0.3 is 0 Å². The highest BCUT2D eigenvalue weighted by Crippen LogP contribution is 2.31. The Balaban J connectivity index is 1.72. The Labute approximate surface area is 155 Å². The van der Waals surface area contributed by atoms with Crippen molar-refractivity contribution >= 4 is 39.1 Å². The summed E-state index contributed by atoms with van der Waals surface area (Å²) in [6.45, 7) is 0.795. The van der Waals surface area contributed by atoms with Crippen molar-refractivity contribution in [2.45, 2.75) is 13.0 Å². The zero-order chi connectivity index (χ0) is 17.8. The van der Waals surface area contributed by atoms with E-state index in [0.29, 0.717) is 13.2 Å². The molecule has 25 heavy (non-hydrogen) atoms. The van der Waals surface area contributed by atoms with Crippen LogP contribution >= 0.6 is 15.9 Å². The van der Waals surface area contributed by atoms with Gasteiger partial charge in [-0.25, -0.2) is 0 Å². The van der Waals surface area contributed by atoms with Gasteiger partial charge in [0.05, 0.1) is 18.2 Å². The van der Waals surface area contributed by atoms with Gasteiger partial charge in [0.2, 0.25) is 11.8 Å². The molecule has 0 spiro atoms. The van der Waals surface area contributed by atoms with Crippen LogP contribution in [0.2, 0.25) is 0 Å². The van der Waals surface area contributed by atoms with E-state index in [2.05, 4.69) is 21.2 Å². The van der Waals surface area contributed by atoms with E-state index in [-0.39, 0.29) is 24.2 Å². The number of anilines is 2. The zero-order valence-corrected chi connectivity index (χ0v) is 15.5. The smallest absolute Gasteiger partial charge is 0.229 e. The second kappa shape index (κ2) is 7.80. The van der Waals surface area contributed by atoms with Crippen LogP contribution in [0.1, 0.15) is 12.0 Å². The highest BCUT2D eigenvalue weighted by Gasteiger charge is 2.35. The Morgan fingerprint density at radius 3 is 2.72 bits per heavy atom. The van der Waals surface area contributed by atoms with Crippen LogP contribution < -0.4 is 10.2 Å². The summed E-state index contributed by atoms with van der Waals surface area (Å²) < 4.78 is 6.00. The molecule has 1 aliphatic rings. The monoisotopic (exact) mass is 402 g/mol. The third-order valence-corrected chi connectivity index (χ3v) is 4.88. The fourth-order valence-electron chi connectivity index (χ4n) is 2.95. The summed E-state index contributed by atoms with van der Waals surface area (Å²) >= 11 is 3.46. The van der Waals surface area contributed by atoms with Gasteiger partial charge in [-0.2, -0.15) is 0 Å². The lowest BCUT2D eigenvalue weighted by atomic mass is 10.1. The van der Waals surface area contributed by atoms with Crippen LogP contribution in [0.25, 0.3) is 0 Å². The van der Waals surface area contributed by atoms with E-state index in [4.69, 9.17) is 4.74 Å². The van der Waals surface area contributed by atoms with Crippen molar-refractivity contribution in [3.63, 3.8) is 0 Å². The molecule has 6 heteroatoms. The molecule has 0 radical (unpaired) electrons. The lowest BCUT2D eigenvalue weighted by Gasteiger charge is -2.18. The molecule has 130 valence electrons. The zero-order valence-electron chi connectivity index (χ0n) is 13.9. The van der Waals surface area contributed by atoms with Gasteiger partial charge in [0.15, 0.2) is 0 Å². The van der Waals surface area contributed by atoms with Crippen LogP contribution in [0.15, 0.2) is 53.0 Å². The molecule has 0 bridgehead atoms. The first-order chi connectivity index (χ1) is 12.1. The number of halogens is 1. The molecular weight excluding hydrogens is 384 g/mol. The van der Waals surface area contributed by atoms with Crippen LogP contribution in [-0.2, 0) is 20.9 Å². The van der Waals surface area contributed by atoms with Crippen LogP contribution in [0.3, 0.4) is 0 Å². The number of rotatable bonds is 5. The Hall–Kier alpha value is -2.18. The predicted molar refractivity (Wildman–Crippen MR) is 100 cm³/mol. The first-order valence-electron chi connectivity index (χ1n) is 8.02. The summed E-state index contributed by atoms with van der Waals surface area (Å²) in [6, 6.07) is 15.0. The minimum Gasteiger partial charge on any atom is -0.380 e. The molecular formula is C19H19BrN2O3. The lowest BCUT2D eigenvalue weighted by molar-refractivity contribution is -0.122. The molecule has 2 aromatic rings. The molecule has 1 heterocycles. The minimum absolute atomic E-state index is 0.0442. The third-order valence-electron chi connectivity index (χ3n) is 4.21. The lowest BCUT2D eigenvalue weighted by Crippen LogP contribution is -2.28. The van der Waals surface area contributed by atoms with Gasteiger partial charge in [-0.3, -0.25) is 9.59 Å². The van der Waals surface area contributed by atoms with Crippen LogP contribution in [0, 0.1) is 5.92 Å². The summed E-state index contributed by atoms with van der Waals surface area (Å²) in [5.74, 6) is -0.570. The maximum absolute atomic E-state index is 12.6. The molecule has 1 N–H and O–H groups in total. The molecule has 1 saturated heterocycles. The number of carbonyl (C=O) groups is 2. The van der Waals surface area contributed by atoms with Crippen molar-refractivity contribution in [1.82, 2.24) is 0 Å². The fraction of sp³-hybridized carbons (Fsp3) is 0.263. The first kappa shape index (κ1) is 17.6. The van der Waals surface area contributed by atoms with Gasteiger partial charge in [0.25, 0.3) is 0 Å². The first-order valence-corrected chi connectivity index (χ1v) is 8.82. The Morgan fingerprint density at radius 2 is 1.96 bits per heavy atom. The number of amides is 2. The van der Waals surface area contributed by atoms with Crippen LogP contribution in [0.4, 0.5) is 11.4 Å². The fourth-order valence-corrected chi connectivity index (χ4v) is 3.44. The quantitative estimate of drug-likeness (QED) is 0.830. The van der Waals surface area contributed by atoms with E-state index in [1.807, 2.05) is 48.5 Å². The van der Waals surface area contributed by atoms with E-state index >= 15 is 0 Å². The number of nitrogens with one attached hydrogen (secondary N) is 1. The molecule has 1 aliphatic heterocycles. The number of carbonyl (C=O) groups excluding carboxylic acids is 2. The standard InChI is InChI=1S/C19H19BrN2O3/c1-25-12-13-6-2-4-8-16(13)21-19(24)14-10-18(23)22(11-14)17-9-5-3-7-15(17)20/h2-9,14H,10-12H2,1H3,(H,21,24). The second-order valence-corrected chi connectivity index (χ2v) is 6.79. The SMILES string of the molecule is COCc1ccccc1NC(=O)C1CC(=O)N(c2ccccc2Br)C1. The summed E-state index contributed by atoms with van der Waals surface area (Å²) in [5, 5.41) is 2.93. The van der Waals surface area contributed by atoms with E-state index in [0.717, 1.165) is 21.4 Å². The summed E-state index contributed by atoms with van der Waals surface area (Å²) in [6.07, 6.45) is 0.208. The molecule has 0 saturated carbocycles. The van der Waals surface area contributed by atoms with Crippen LogP contribution in [0.5, 0.6) is 0 Å². The molecule has 0 aliphatic carbocycles. The number of nitrogens with zero attached hydrogens (tertiary/aromatic N) is 1. The number of ether oxygens (including phenoxy) is 1. The largest absolute Gasteiger partial charge is 0.380 e. The number of benzene rings is 2. The normalized spacial score (nSPS) is 17.0. The molecule has 5 nitrogen and oxygen atoms in total. The van der Waals surface area contributed by atoms with Gasteiger partial charge in [-0.05, 0) is 34.1 Å². The minimum atomic E-state index is -0.379. The highest BCUT2D eigenvalue weighted by atomic mass is 79.9.